The molecule has 6 heteroatoms. The summed E-state index contributed by atoms with van der Waals surface area (Å²) in [6.45, 7) is 3.68. The van der Waals surface area contributed by atoms with Crippen molar-refractivity contribution in [2.75, 3.05) is 11.1 Å². The van der Waals surface area contributed by atoms with E-state index < -0.39 is 0 Å². The summed E-state index contributed by atoms with van der Waals surface area (Å²) < 4.78 is 6.11. The van der Waals surface area contributed by atoms with Crippen LogP contribution in [0, 0.1) is 13.8 Å². The van der Waals surface area contributed by atoms with Crippen LogP contribution >= 0.6 is 11.3 Å². The molecule has 102 valence electrons. The average molecular weight is 287 g/mol. The van der Waals surface area contributed by atoms with Crippen LogP contribution in [0.2, 0.25) is 0 Å². The SMILES string of the molecule is Cc1noc(NC(=O)c2cc3cc(N)ccc3s2)c1C. The maximum absolute atomic E-state index is 12.2. The molecule has 0 atom stereocenters. The number of benzene rings is 1. The molecule has 0 aliphatic carbocycles. The highest BCUT2D eigenvalue weighted by Gasteiger charge is 2.15. The number of hydrogen-bond acceptors (Lipinski definition) is 5. The van der Waals surface area contributed by atoms with Crippen LogP contribution in [0.4, 0.5) is 11.6 Å². The predicted octanol–water partition coefficient (Wildman–Crippen LogP) is 3.34. The van der Waals surface area contributed by atoms with Gasteiger partial charge in [-0.2, -0.15) is 0 Å². The summed E-state index contributed by atoms with van der Waals surface area (Å²) in [5.74, 6) is 0.188. The highest BCUT2D eigenvalue weighted by atomic mass is 32.1. The number of carbonyl (C=O) groups is 1. The lowest BCUT2D eigenvalue weighted by Gasteiger charge is -1.98. The van der Waals surface area contributed by atoms with Crippen molar-refractivity contribution >= 4 is 38.9 Å². The van der Waals surface area contributed by atoms with E-state index in [1.165, 1.54) is 11.3 Å². The van der Waals surface area contributed by atoms with Gasteiger partial charge in [0.1, 0.15) is 0 Å². The molecule has 0 saturated heterocycles. The minimum absolute atomic E-state index is 0.205. The van der Waals surface area contributed by atoms with Gasteiger partial charge in [-0.15, -0.1) is 11.3 Å². The summed E-state index contributed by atoms with van der Waals surface area (Å²) in [6, 6.07) is 7.41. The van der Waals surface area contributed by atoms with Crippen molar-refractivity contribution in [3.8, 4) is 0 Å². The summed E-state index contributed by atoms with van der Waals surface area (Å²) >= 11 is 1.42. The maximum Gasteiger partial charge on any atom is 0.268 e. The number of amides is 1. The lowest BCUT2D eigenvalue weighted by Crippen LogP contribution is -2.10. The fourth-order valence-corrected chi connectivity index (χ4v) is 2.81. The molecule has 0 aliphatic rings. The van der Waals surface area contributed by atoms with E-state index in [4.69, 9.17) is 10.3 Å². The summed E-state index contributed by atoms with van der Waals surface area (Å²) in [5.41, 5.74) is 8.03. The number of nitrogen functional groups attached to an aromatic ring is 1. The molecule has 20 heavy (non-hydrogen) atoms. The zero-order valence-corrected chi connectivity index (χ0v) is 11.9. The van der Waals surface area contributed by atoms with Crippen molar-refractivity contribution in [1.82, 2.24) is 5.16 Å². The smallest absolute Gasteiger partial charge is 0.268 e. The van der Waals surface area contributed by atoms with Gasteiger partial charge in [-0.25, -0.2) is 0 Å². The van der Waals surface area contributed by atoms with Crippen LogP contribution in [0.3, 0.4) is 0 Å². The zero-order valence-electron chi connectivity index (χ0n) is 11.1. The predicted molar refractivity (Wildman–Crippen MR) is 80.2 cm³/mol. The number of fused-ring (bicyclic) bond motifs is 1. The molecule has 3 N–H and O–H groups in total. The van der Waals surface area contributed by atoms with Gasteiger partial charge in [0, 0.05) is 16.0 Å². The molecule has 3 rings (SSSR count). The molecule has 0 unspecified atom stereocenters. The first-order valence-corrected chi connectivity index (χ1v) is 6.89. The van der Waals surface area contributed by atoms with Crippen molar-refractivity contribution in [3.63, 3.8) is 0 Å². The van der Waals surface area contributed by atoms with Crippen LogP contribution in [-0.4, -0.2) is 11.1 Å². The Hall–Kier alpha value is -2.34. The van der Waals surface area contributed by atoms with Gasteiger partial charge in [0.15, 0.2) is 0 Å². The van der Waals surface area contributed by atoms with E-state index in [1.54, 1.807) is 0 Å². The van der Waals surface area contributed by atoms with Gasteiger partial charge in [-0.3, -0.25) is 10.1 Å². The van der Waals surface area contributed by atoms with E-state index in [-0.39, 0.29) is 5.91 Å². The third-order valence-electron chi connectivity index (χ3n) is 3.15. The Morgan fingerprint density at radius 3 is 2.85 bits per heavy atom. The first-order chi connectivity index (χ1) is 9.54. The number of hydrogen-bond donors (Lipinski definition) is 2. The Balaban J connectivity index is 1.90. The second-order valence-electron chi connectivity index (χ2n) is 4.58. The van der Waals surface area contributed by atoms with E-state index >= 15 is 0 Å². The largest absolute Gasteiger partial charge is 0.399 e. The lowest BCUT2D eigenvalue weighted by atomic mass is 10.2. The normalized spacial score (nSPS) is 10.9. The van der Waals surface area contributed by atoms with Crippen molar-refractivity contribution in [3.05, 3.63) is 40.4 Å². The van der Waals surface area contributed by atoms with E-state index in [0.29, 0.717) is 16.4 Å². The molecule has 0 spiro atoms. The topological polar surface area (TPSA) is 81.2 Å². The molecule has 3 aromatic rings. The number of aromatic nitrogens is 1. The summed E-state index contributed by atoms with van der Waals surface area (Å²) in [7, 11) is 0. The molecule has 2 heterocycles. The quantitative estimate of drug-likeness (QED) is 0.708. The molecular formula is C14H13N3O2S. The second-order valence-corrected chi connectivity index (χ2v) is 5.67. The zero-order chi connectivity index (χ0) is 14.3. The average Bonchev–Trinajstić information content (AvgIpc) is 2.96. The molecule has 1 amide bonds. The molecule has 0 aliphatic heterocycles. The number of aryl methyl sites for hydroxylation is 1. The van der Waals surface area contributed by atoms with Crippen LogP contribution in [0.1, 0.15) is 20.9 Å². The van der Waals surface area contributed by atoms with Gasteiger partial charge in [-0.05, 0) is 43.5 Å². The van der Waals surface area contributed by atoms with Crippen LogP contribution < -0.4 is 11.1 Å². The lowest BCUT2D eigenvalue weighted by molar-refractivity contribution is 0.102. The molecule has 0 bridgehead atoms. The molecule has 0 radical (unpaired) electrons. The van der Waals surface area contributed by atoms with Crippen LogP contribution in [-0.2, 0) is 0 Å². The summed E-state index contributed by atoms with van der Waals surface area (Å²) in [6.07, 6.45) is 0. The Morgan fingerprint density at radius 2 is 2.15 bits per heavy atom. The second kappa shape index (κ2) is 4.64. The van der Waals surface area contributed by atoms with E-state index in [1.807, 2.05) is 38.1 Å². The van der Waals surface area contributed by atoms with Gasteiger partial charge in [0.2, 0.25) is 5.88 Å². The van der Waals surface area contributed by atoms with Crippen LogP contribution in [0.5, 0.6) is 0 Å². The van der Waals surface area contributed by atoms with Gasteiger partial charge < -0.3 is 10.3 Å². The number of nitrogens with one attached hydrogen (secondary N) is 1. The van der Waals surface area contributed by atoms with Crippen molar-refractivity contribution < 1.29 is 9.32 Å². The minimum Gasteiger partial charge on any atom is -0.399 e. The molecule has 1 aromatic carbocycles. The third-order valence-corrected chi connectivity index (χ3v) is 4.26. The number of nitrogens with zero attached hydrogens (tertiary/aromatic N) is 1. The first-order valence-electron chi connectivity index (χ1n) is 6.08. The number of nitrogens with two attached hydrogens (primary N) is 1. The van der Waals surface area contributed by atoms with Gasteiger partial charge in [0.05, 0.1) is 10.6 Å². The number of anilines is 2. The van der Waals surface area contributed by atoms with Crippen LogP contribution in [0.25, 0.3) is 10.1 Å². The fourth-order valence-electron chi connectivity index (χ4n) is 1.87. The molecule has 0 saturated carbocycles. The monoisotopic (exact) mass is 287 g/mol. The summed E-state index contributed by atoms with van der Waals surface area (Å²) in [5, 5.41) is 7.51. The van der Waals surface area contributed by atoms with Crippen molar-refractivity contribution in [2.45, 2.75) is 13.8 Å². The van der Waals surface area contributed by atoms with Gasteiger partial charge >= 0.3 is 0 Å². The molecule has 0 fully saturated rings. The molecule has 5 nitrogen and oxygen atoms in total. The maximum atomic E-state index is 12.2. The van der Waals surface area contributed by atoms with Crippen LogP contribution in [0.15, 0.2) is 28.8 Å². The Morgan fingerprint density at radius 1 is 1.35 bits per heavy atom. The molecule has 2 aromatic heterocycles. The molecular weight excluding hydrogens is 274 g/mol. The Kier molecular flexibility index (Phi) is 2.94. The highest BCUT2D eigenvalue weighted by molar-refractivity contribution is 7.20. The third kappa shape index (κ3) is 2.14. The van der Waals surface area contributed by atoms with Gasteiger partial charge in [-0.1, -0.05) is 5.16 Å². The fraction of sp³-hybridized carbons (Fsp3) is 0.143. The van der Waals surface area contributed by atoms with E-state index in [2.05, 4.69) is 10.5 Å². The Labute approximate surface area is 119 Å². The summed E-state index contributed by atoms with van der Waals surface area (Å²) in [4.78, 5) is 12.8. The highest BCUT2D eigenvalue weighted by Crippen LogP contribution is 2.28. The van der Waals surface area contributed by atoms with Crippen molar-refractivity contribution in [1.29, 1.82) is 0 Å². The number of rotatable bonds is 2. The number of carbonyl (C=O) groups excluding carboxylic acids is 1. The Bertz CT molecular complexity index is 804. The van der Waals surface area contributed by atoms with E-state index in [0.717, 1.165) is 21.3 Å². The van der Waals surface area contributed by atoms with Crippen molar-refractivity contribution in [2.24, 2.45) is 0 Å². The number of thiophene rings is 1. The minimum atomic E-state index is -0.205. The standard InChI is InChI=1S/C14H13N3O2S/c1-7-8(2)17-19-14(7)16-13(18)12-6-9-5-10(15)3-4-11(9)20-12/h3-6H,15H2,1-2H3,(H,16,18). The van der Waals surface area contributed by atoms with E-state index in [9.17, 15) is 4.79 Å². The first kappa shape index (κ1) is 12.7. The van der Waals surface area contributed by atoms with Gasteiger partial charge in [0.25, 0.3) is 5.91 Å².